The zero-order valence-corrected chi connectivity index (χ0v) is 9.94. The number of nitrogens with one attached hydrogen (secondary N) is 1. The van der Waals surface area contributed by atoms with E-state index in [4.69, 9.17) is 0 Å². The average Bonchev–Trinajstić information content (AvgIpc) is 2.80. The SMILES string of the molecule is CSc1ccc(NCc2cncs2)nc1. The molecule has 0 saturated heterocycles. The molecule has 5 heteroatoms. The first-order chi connectivity index (χ1) is 7.38. The molecule has 0 aliphatic heterocycles. The second kappa shape index (κ2) is 5.14. The minimum Gasteiger partial charge on any atom is -0.365 e. The summed E-state index contributed by atoms with van der Waals surface area (Å²) >= 11 is 3.34. The first-order valence-electron chi connectivity index (χ1n) is 4.50. The van der Waals surface area contributed by atoms with Crippen LogP contribution in [0.1, 0.15) is 4.88 Å². The number of hydrogen-bond donors (Lipinski definition) is 1. The zero-order chi connectivity index (χ0) is 10.5. The highest BCUT2D eigenvalue weighted by molar-refractivity contribution is 7.98. The largest absolute Gasteiger partial charge is 0.365 e. The summed E-state index contributed by atoms with van der Waals surface area (Å²) in [6, 6.07) is 4.06. The van der Waals surface area contributed by atoms with Crippen LogP contribution in [-0.4, -0.2) is 16.2 Å². The topological polar surface area (TPSA) is 37.8 Å². The van der Waals surface area contributed by atoms with E-state index in [1.807, 2.05) is 30.2 Å². The lowest BCUT2D eigenvalue weighted by atomic mass is 10.4. The van der Waals surface area contributed by atoms with Crippen molar-refractivity contribution in [2.45, 2.75) is 11.4 Å². The monoisotopic (exact) mass is 237 g/mol. The molecule has 0 amide bonds. The second-order valence-corrected chi connectivity index (χ2v) is 4.76. The molecule has 3 nitrogen and oxygen atoms in total. The van der Waals surface area contributed by atoms with Crippen LogP contribution in [-0.2, 0) is 6.54 Å². The Morgan fingerprint density at radius 1 is 1.40 bits per heavy atom. The fraction of sp³-hybridized carbons (Fsp3) is 0.200. The van der Waals surface area contributed by atoms with Gasteiger partial charge >= 0.3 is 0 Å². The van der Waals surface area contributed by atoms with Gasteiger partial charge in [-0.05, 0) is 18.4 Å². The van der Waals surface area contributed by atoms with Crippen LogP contribution in [0.5, 0.6) is 0 Å². The molecule has 0 aliphatic carbocycles. The first-order valence-corrected chi connectivity index (χ1v) is 6.60. The molecule has 2 aromatic heterocycles. The van der Waals surface area contributed by atoms with Crippen LogP contribution in [0.2, 0.25) is 0 Å². The van der Waals surface area contributed by atoms with Gasteiger partial charge in [0.15, 0.2) is 0 Å². The third-order valence-corrected chi connectivity index (χ3v) is 3.39. The summed E-state index contributed by atoms with van der Waals surface area (Å²) in [4.78, 5) is 10.7. The second-order valence-electron chi connectivity index (χ2n) is 2.90. The lowest BCUT2D eigenvalue weighted by molar-refractivity contribution is 1.11. The highest BCUT2D eigenvalue weighted by Crippen LogP contribution is 2.15. The van der Waals surface area contributed by atoms with Gasteiger partial charge in [-0.25, -0.2) is 4.98 Å². The fourth-order valence-corrected chi connectivity index (χ4v) is 2.01. The summed E-state index contributed by atoms with van der Waals surface area (Å²) < 4.78 is 0. The van der Waals surface area contributed by atoms with Gasteiger partial charge < -0.3 is 5.32 Å². The van der Waals surface area contributed by atoms with Gasteiger partial charge in [-0.15, -0.1) is 23.1 Å². The molecule has 0 fully saturated rings. The molecule has 0 saturated carbocycles. The van der Waals surface area contributed by atoms with Gasteiger partial charge in [0.05, 0.1) is 12.1 Å². The molecule has 0 unspecified atom stereocenters. The molecule has 0 bridgehead atoms. The number of hydrogen-bond acceptors (Lipinski definition) is 5. The Morgan fingerprint density at radius 2 is 2.33 bits per heavy atom. The maximum atomic E-state index is 4.30. The molecule has 78 valence electrons. The van der Waals surface area contributed by atoms with E-state index in [-0.39, 0.29) is 0 Å². The molecule has 0 radical (unpaired) electrons. The van der Waals surface area contributed by atoms with Crippen molar-refractivity contribution in [1.82, 2.24) is 9.97 Å². The summed E-state index contributed by atoms with van der Waals surface area (Å²) in [6.07, 6.45) is 5.79. The summed E-state index contributed by atoms with van der Waals surface area (Å²) in [5.74, 6) is 0.904. The molecule has 2 rings (SSSR count). The Kier molecular flexibility index (Phi) is 3.58. The molecule has 0 aromatic carbocycles. The summed E-state index contributed by atoms with van der Waals surface area (Å²) in [7, 11) is 0. The molecule has 0 aliphatic rings. The van der Waals surface area contributed by atoms with Crippen LogP contribution in [0.25, 0.3) is 0 Å². The van der Waals surface area contributed by atoms with Gasteiger partial charge in [0, 0.05) is 22.2 Å². The smallest absolute Gasteiger partial charge is 0.126 e. The van der Waals surface area contributed by atoms with E-state index in [0.717, 1.165) is 12.4 Å². The molecule has 2 aromatic rings. The Labute approximate surface area is 97.0 Å². The van der Waals surface area contributed by atoms with Crippen LogP contribution >= 0.6 is 23.1 Å². The van der Waals surface area contributed by atoms with Crippen LogP contribution < -0.4 is 5.32 Å². The summed E-state index contributed by atoms with van der Waals surface area (Å²) in [5, 5.41) is 3.25. The van der Waals surface area contributed by atoms with Crippen LogP contribution in [0.4, 0.5) is 5.82 Å². The van der Waals surface area contributed by atoms with Gasteiger partial charge in [0.1, 0.15) is 5.82 Å². The van der Waals surface area contributed by atoms with Crippen molar-refractivity contribution in [3.63, 3.8) is 0 Å². The number of thiazole rings is 1. The predicted molar refractivity (Wildman–Crippen MR) is 65.5 cm³/mol. The van der Waals surface area contributed by atoms with E-state index in [9.17, 15) is 0 Å². The van der Waals surface area contributed by atoms with Crippen molar-refractivity contribution in [2.75, 3.05) is 11.6 Å². The van der Waals surface area contributed by atoms with Gasteiger partial charge in [0.2, 0.25) is 0 Å². The highest BCUT2D eigenvalue weighted by atomic mass is 32.2. The number of rotatable bonds is 4. The Balaban J connectivity index is 1.93. The summed E-state index contributed by atoms with van der Waals surface area (Å²) in [6.45, 7) is 0.788. The molecule has 2 heterocycles. The van der Waals surface area contributed by atoms with E-state index in [0.29, 0.717) is 0 Å². The van der Waals surface area contributed by atoms with E-state index in [1.54, 1.807) is 23.1 Å². The first kappa shape index (κ1) is 10.4. The molecule has 0 atom stereocenters. The molecule has 1 N–H and O–H groups in total. The summed E-state index contributed by atoms with van der Waals surface area (Å²) in [5.41, 5.74) is 1.83. The lowest BCUT2D eigenvalue weighted by Gasteiger charge is -2.03. The van der Waals surface area contributed by atoms with Gasteiger partial charge in [-0.3, -0.25) is 4.98 Å². The highest BCUT2D eigenvalue weighted by Gasteiger charge is 1.96. The molecule has 0 spiro atoms. The van der Waals surface area contributed by atoms with Gasteiger partial charge in [-0.2, -0.15) is 0 Å². The van der Waals surface area contributed by atoms with Crippen LogP contribution in [0, 0.1) is 0 Å². The third kappa shape index (κ3) is 2.94. The van der Waals surface area contributed by atoms with E-state index in [2.05, 4.69) is 21.4 Å². The quantitative estimate of drug-likeness (QED) is 0.830. The van der Waals surface area contributed by atoms with Crippen LogP contribution in [0.3, 0.4) is 0 Å². The van der Waals surface area contributed by atoms with Crippen molar-refractivity contribution in [3.8, 4) is 0 Å². The average molecular weight is 237 g/mol. The minimum atomic E-state index is 0.788. The Hall–Kier alpha value is -1.07. The van der Waals surface area contributed by atoms with Crippen molar-refractivity contribution >= 4 is 28.9 Å². The molecule has 15 heavy (non-hydrogen) atoms. The van der Waals surface area contributed by atoms with Crippen molar-refractivity contribution in [2.24, 2.45) is 0 Å². The lowest BCUT2D eigenvalue weighted by Crippen LogP contribution is -1.99. The predicted octanol–water partition coefficient (Wildman–Crippen LogP) is 2.87. The number of aromatic nitrogens is 2. The van der Waals surface area contributed by atoms with E-state index >= 15 is 0 Å². The Morgan fingerprint density at radius 3 is 2.93 bits per heavy atom. The number of pyridine rings is 1. The van der Waals surface area contributed by atoms with Crippen molar-refractivity contribution in [1.29, 1.82) is 0 Å². The van der Waals surface area contributed by atoms with Crippen molar-refractivity contribution < 1.29 is 0 Å². The van der Waals surface area contributed by atoms with E-state index < -0.39 is 0 Å². The number of nitrogens with zero attached hydrogens (tertiary/aromatic N) is 2. The van der Waals surface area contributed by atoms with Crippen molar-refractivity contribution in [3.05, 3.63) is 34.9 Å². The van der Waals surface area contributed by atoms with Crippen LogP contribution in [0.15, 0.2) is 34.9 Å². The normalized spacial score (nSPS) is 10.2. The number of thioether (sulfide) groups is 1. The third-order valence-electron chi connectivity index (χ3n) is 1.90. The zero-order valence-electron chi connectivity index (χ0n) is 8.30. The molecular weight excluding hydrogens is 226 g/mol. The number of anilines is 1. The van der Waals surface area contributed by atoms with Gasteiger partial charge in [0.25, 0.3) is 0 Å². The Bertz CT molecular complexity index is 397. The van der Waals surface area contributed by atoms with Gasteiger partial charge in [-0.1, -0.05) is 0 Å². The minimum absolute atomic E-state index is 0.788. The standard InChI is InChI=1S/C10H11N3S2/c1-14-8-2-3-10(12-5-8)13-6-9-4-11-7-15-9/h2-5,7H,6H2,1H3,(H,12,13). The molecular formula is C10H11N3S2. The maximum Gasteiger partial charge on any atom is 0.126 e. The fourth-order valence-electron chi connectivity index (χ4n) is 1.11. The maximum absolute atomic E-state index is 4.30. The van der Waals surface area contributed by atoms with E-state index in [1.165, 1.54) is 9.77 Å².